The van der Waals surface area contributed by atoms with Gasteiger partial charge in [-0.3, -0.25) is 0 Å². The van der Waals surface area contributed by atoms with Crippen molar-refractivity contribution in [3.05, 3.63) is 59.9 Å². The highest BCUT2D eigenvalue weighted by Gasteiger charge is 2.54. The first kappa shape index (κ1) is 21.0. The molecule has 2 N–H and O–H groups in total. The van der Waals surface area contributed by atoms with Crippen molar-refractivity contribution in [2.24, 2.45) is 17.8 Å². The lowest BCUT2D eigenvalue weighted by atomic mass is 10.1. The van der Waals surface area contributed by atoms with E-state index in [-0.39, 0.29) is 6.10 Å². The molecule has 1 saturated heterocycles. The summed E-state index contributed by atoms with van der Waals surface area (Å²) in [5, 5.41) is 23.5. The average Bonchev–Trinajstić information content (AvgIpc) is 3.24. The smallest absolute Gasteiger partial charge is 0.157 e. The van der Waals surface area contributed by atoms with Gasteiger partial charge in [-0.15, -0.1) is 0 Å². The topological polar surface area (TPSA) is 87.5 Å². The number of aliphatic hydroxyl groups excluding tert-OH is 2. The molecule has 2 fully saturated rings. The number of aromatic nitrogens is 3. The Balaban J connectivity index is 1.19. The zero-order chi connectivity index (χ0) is 22.2. The molecule has 5 rings (SSSR count). The fourth-order valence-electron chi connectivity index (χ4n) is 4.76. The lowest BCUT2D eigenvalue weighted by Crippen LogP contribution is -2.31. The van der Waals surface area contributed by atoms with E-state index in [4.69, 9.17) is 4.52 Å². The molecule has 2 unspecified atom stereocenters. The predicted molar refractivity (Wildman–Crippen MR) is 119 cm³/mol. The van der Waals surface area contributed by atoms with Crippen LogP contribution in [-0.2, 0) is 6.54 Å². The van der Waals surface area contributed by atoms with E-state index in [0.29, 0.717) is 35.9 Å². The van der Waals surface area contributed by atoms with E-state index >= 15 is 0 Å². The monoisotopic (exact) mass is 432 g/mol. The van der Waals surface area contributed by atoms with Gasteiger partial charge < -0.3 is 24.2 Å². The quantitative estimate of drug-likeness (QED) is 0.582. The fourth-order valence-corrected chi connectivity index (χ4v) is 4.76. The minimum Gasteiger partial charge on any atom is -0.392 e. The van der Waals surface area contributed by atoms with Crippen molar-refractivity contribution in [3.63, 3.8) is 0 Å². The van der Waals surface area contributed by atoms with Crippen molar-refractivity contribution in [3.8, 4) is 23.1 Å². The van der Waals surface area contributed by atoms with Gasteiger partial charge in [0.25, 0.3) is 0 Å². The van der Waals surface area contributed by atoms with Gasteiger partial charge in [-0.05, 0) is 37.8 Å². The summed E-state index contributed by atoms with van der Waals surface area (Å²) in [4.78, 5) is 6.52. The maximum absolute atomic E-state index is 9.80. The van der Waals surface area contributed by atoms with Crippen LogP contribution in [0.2, 0.25) is 0 Å². The zero-order valence-corrected chi connectivity index (χ0v) is 18.3. The number of fused-ring (bicyclic) bond motifs is 1. The molecule has 2 aromatic heterocycles. The van der Waals surface area contributed by atoms with Crippen LogP contribution < -0.4 is 0 Å². The van der Waals surface area contributed by atoms with E-state index < -0.39 is 6.10 Å². The van der Waals surface area contributed by atoms with Gasteiger partial charge in [0.2, 0.25) is 0 Å². The molecule has 166 valence electrons. The van der Waals surface area contributed by atoms with Gasteiger partial charge >= 0.3 is 0 Å². The number of benzene rings is 1. The Morgan fingerprint density at radius 3 is 2.59 bits per heavy atom. The molecular weight excluding hydrogens is 404 g/mol. The van der Waals surface area contributed by atoms with Crippen LogP contribution in [-0.4, -0.2) is 55.6 Å². The van der Waals surface area contributed by atoms with E-state index in [1.54, 1.807) is 13.1 Å². The number of hydrogen-bond acceptors (Lipinski definition) is 6. The van der Waals surface area contributed by atoms with Crippen LogP contribution in [0.25, 0.3) is 11.3 Å². The summed E-state index contributed by atoms with van der Waals surface area (Å²) in [6.45, 7) is 6.88. The zero-order valence-electron chi connectivity index (χ0n) is 18.3. The number of rotatable bonds is 6. The van der Waals surface area contributed by atoms with E-state index in [9.17, 15) is 10.2 Å². The molecule has 2 aliphatic rings. The number of imidazole rings is 1. The van der Waals surface area contributed by atoms with Gasteiger partial charge in [0.05, 0.1) is 12.6 Å². The second-order valence-corrected chi connectivity index (χ2v) is 9.04. The largest absolute Gasteiger partial charge is 0.392 e. The third kappa shape index (κ3) is 4.35. The molecule has 1 saturated carbocycles. The third-order valence-electron chi connectivity index (χ3n) is 6.36. The fraction of sp³-hybridized carbons (Fsp3) is 0.440. The molecule has 1 aliphatic carbocycles. The Hall–Kier alpha value is -2.92. The molecular formula is C25H28N4O3. The molecule has 0 bridgehead atoms. The van der Waals surface area contributed by atoms with E-state index in [1.807, 2.05) is 48.0 Å². The van der Waals surface area contributed by atoms with Crippen LogP contribution in [0, 0.1) is 29.6 Å². The second-order valence-electron chi connectivity index (χ2n) is 9.04. The first-order valence-electron chi connectivity index (χ1n) is 11.1. The maximum atomic E-state index is 9.80. The van der Waals surface area contributed by atoms with E-state index in [0.717, 1.165) is 36.5 Å². The van der Waals surface area contributed by atoms with Crippen molar-refractivity contribution in [2.75, 3.05) is 19.6 Å². The predicted octanol–water partition coefficient (Wildman–Crippen LogP) is 2.55. The van der Waals surface area contributed by atoms with Crippen molar-refractivity contribution in [2.45, 2.75) is 32.6 Å². The summed E-state index contributed by atoms with van der Waals surface area (Å²) < 4.78 is 7.34. The van der Waals surface area contributed by atoms with E-state index in [1.165, 1.54) is 0 Å². The van der Waals surface area contributed by atoms with Gasteiger partial charge in [-0.2, -0.15) is 0 Å². The molecule has 3 aromatic rings. The number of aliphatic hydroxyl groups is 2. The number of hydrogen-bond donors (Lipinski definition) is 2. The minimum atomic E-state index is -0.639. The van der Waals surface area contributed by atoms with Crippen molar-refractivity contribution in [1.82, 2.24) is 19.6 Å². The van der Waals surface area contributed by atoms with Gasteiger partial charge in [-0.25, -0.2) is 4.98 Å². The summed E-state index contributed by atoms with van der Waals surface area (Å²) in [7, 11) is 0. The summed E-state index contributed by atoms with van der Waals surface area (Å²) >= 11 is 0. The van der Waals surface area contributed by atoms with Crippen molar-refractivity contribution >= 4 is 0 Å². The highest BCUT2D eigenvalue weighted by molar-refractivity contribution is 5.60. The Bertz CT molecular complexity index is 1120. The Morgan fingerprint density at radius 1 is 1.16 bits per heavy atom. The molecule has 32 heavy (non-hydrogen) atoms. The minimum absolute atomic E-state index is 0.260. The Morgan fingerprint density at radius 2 is 1.91 bits per heavy atom. The molecule has 0 spiro atoms. The molecule has 7 nitrogen and oxygen atoms in total. The summed E-state index contributed by atoms with van der Waals surface area (Å²) in [6, 6.07) is 9.99. The molecule has 7 heteroatoms. The molecule has 0 radical (unpaired) electrons. The third-order valence-corrected chi connectivity index (χ3v) is 6.36. The van der Waals surface area contributed by atoms with Crippen molar-refractivity contribution < 1.29 is 14.7 Å². The standard InChI is InChI=1S/C25H28N4O3/c1-16(30)12-28-14-22-21(23(22)15-28)8-5-18-3-6-19(7-4-18)24-11-20(32-27-24)13-29-10-9-26-25(29)17(2)31/h3-4,6-7,9-11,16-17,21-23,30-31H,12-15H2,1-2H3/t16?,17-,21?,22-,23+/m0/s1. The first-order chi connectivity index (χ1) is 15.5. The number of nitrogens with zero attached hydrogens (tertiary/aromatic N) is 4. The van der Waals surface area contributed by atoms with Crippen molar-refractivity contribution in [1.29, 1.82) is 0 Å². The SMILES string of the molecule is CC(O)CN1C[C@@H]2C(C#Cc3ccc(-c4cc(Cn5ccnc5[C@H](C)O)on4)cc3)[C@@H]2C1. The van der Waals surface area contributed by atoms with Crippen LogP contribution in [0.5, 0.6) is 0 Å². The summed E-state index contributed by atoms with van der Waals surface area (Å²) in [6.07, 6.45) is 2.58. The maximum Gasteiger partial charge on any atom is 0.157 e. The number of piperidine rings is 1. The average molecular weight is 433 g/mol. The van der Waals surface area contributed by atoms with Gasteiger partial charge in [-0.1, -0.05) is 29.1 Å². The van der Waals surface area contributed by atoms with Crippen LogP contribution in [0.3, 0.4) is 0 Å². The van der Waals surface area contributed by atoms with Gasteiger partial charge in [0.15, 0.2) is 5.76 Å². The van der Waals surface area contributed by atoms with Crippen LogP contribution >= 0.6 is 0 Å². The van der Waals surface area contributed by atoms with Gasteiger partial charge in [0.1, 0.15) is 17.6 Å². The Kier molecular flexibility index (Phi) is 5.60. The molecule has 0 amide bonds. The van der Waals surface area contributed by atoms with E-state index in [2.05, 4.69) is 26.9 Å². The Labute approximate surface area is 187 Å². The molecule has 1 aliphatic heterocycles. The summed E-state index contributed by atoms with van der Waals surface area (Å²) in [5.41, 5.74) is 2.75. The molecule has 1 aromatic carbocycles. The summed E-state index contributed by atoms with van der Waals surface area (Å²) in [5.74, 6) is 9.90. The van der Waals surface area contributed by atoms with Crippen LogP contribution in [0.4, 0.5) is 0 Å². The highest BCUT2D eigenvalue weighted by Crippen LogP contribution is 2.51. The normalized spacial score (nSPS) is 23.9. The highest BCUT2D eigenvalue weighted by atomic mass is 16.5. The number of β-amino-alcohol motifs (C(OH)–C–C–N with tert-alkyl or cyclic N) is 1. The number of likely N-dealkylation sites (tertiary alicyclic amines) is 1. The lowest BCUT2D eigenvalue weighted by molar-refractivity contribution is 0.132. The van der Waals surface area contributed by atoms with Crippen LogP contribution in [0.15, 0.2) is 47.2 Å². The lowest BCUT2D eigenvalue weighted by Gasteiger charge is -2.19. The second kappa shape index (κ2) is 8.55. The van der Waals surface area contributed by atoms with Gasteiger partial charge in [0, 0.05) is 55.1 Å². The molecule has 3 heterocycles. The molecule has 5 atom stereocenters. The first-order valence-corrected chi connectivity index (χ1v) is 11.1. The van der Waals surface area contributed by atoms with Crippen LogP contribution in [0.1, 0.15) is 37.1 Å².